The van der Waals surface area contributed by atoms with Crippen LogP contribution >= 0.6 is 0 Å². The Morgan fingerprint density at radius 2 is 1.94 bits per heavy atom. The van der Waals surface area contributed by atoms with E-state index in [1.54, 1.807) is 0 Å². The Labute approximate surface area is 110 Å². The van der Waals surface area contributed by atoms with Crippen LogP contribution in [0.4, 0.5) is 0 Å². The van der Waals surface area contributed by atoms with Crippen LogP contribution < -0.4 is 5.32 Å². The minimum atomic E-state index is -0.260. The molecule has 2 aliphatic rings. The third-order valence-electron chi connectivity index (χ3n) is 4.31. The highest BCUT2D eigenvalue weighted by atomic mass is 16.3. The number of aliphatic hydroxyl groups is 1. The van der Waals surface area contributed by atoms with E-state index in [-0.39, 0.29) is 18.1 Å². The van der Waals surface area contributed by atoms with Crippen molar-refractivity contribution in [2.75, 3.05) is 13.1 Å². The lowest BCUT2D eigenvalue weighted by Crippen LogP contribution is -2.52. The van der Waals surface area contributed by atoms with Crippen molar-refractivity contribution in [2.24, 2.45) is 0 Å². The summed E-state index contributed by atoms with van der Waals surface area (Å²) in [5.74, 6) is 0.135. The maximum Gasteiger partial charge on any atom is 0.237 e. The van der Waals surface area contributed by atoms with E-state index in [2.05, 4.69) is 10.2 Å². The van der Waals surface area contributed by atoms with Gasteiger partial charge in [-0.1, -0.05) is 19.3 Å². The van der Waals surface area contributed by atoms with Crippen LogP contribution in [0.1, 0.15) is 51.9 Å². The summed E-state index contributed by atoms with van der Waals surface area (Å²) in [5, 5.41) is 12.8. The van der Waals surface area contributed by atoms with Gasteiger partial charge in [-0.25, -0.2) is 0 Å². The maximum absolute atomic E-state index is 12.2. The smallest absolute Gasteiger partial charge is 0.237 e. The lowest BCUT2D eigenvalue weighted by Gasteiger charge is -2.35. The Morgan fingerprint density at radius 3 is 2.61 bits per heavy atom. The zero-order valence-electron chi connectivity index (χ0n) is 11.4. The Balaban J connectivity index is 1.79. The van der Waals surface area contributed by atoms with Crippen LogP contribution in [0.3, 0.4) is 0 Å². The molecule has 0 bridgehead atoms. The summed E-state index contributed by atoms with van der Waals surface area (Å²) in [7, 11) is 0. The predicted octanol–water partition coefficient (Wildman–Crippen LogP) is 1.28. The molecule has 1 aliphatic heterocycles. The van der Waals surface area contributed by atoms with E-state index in [1.165, 1.54) is 19.3 Å². The van der Waals surface area contributed by atoms with E-state index in [9.17, 15) is 9.90 Å². The number of nitrogens with zero attached hydrogens (tertiary/aromatic N) is 1. The highest BCUT2D eigenvalue weighted by Crippen LogP contribution is 2.18. The second-order valence-corrected chi connectivity index (χ2v) is 5.81. The molecule has 0 aromatic heterocycles. The van der Waals surface area contributed by atoms with Crippen molar-refractivity contribution in [3.8, 4) is 0 Å². The SMILES string of the molecule is CC(C(=O)NC1CCCCC1)N1CCC[C@H](O)C1. The van der Waals surface area contributed by atoms with Crippen molar-refractivity contribution in [1.82, 2.24) is 10.2 Å². The summed E-state index contributed by atoms with van der Waals surface area (Å²) >= 11 is 0. The van der Waals surface area contributed by atoms with Gasteiger partial charge in [0.15, 0.2) is 0 Å². The normalized spacial score (nSPS) is 28.9. The molecular weight excluding hydrogens is 228 g/mol. The van der Waals surface area contributed by atoms with Crippen LogP contribution in [0.25, 0.3) is 0 Å². The minimum absolute atomic E-state index is 0.109. The summed E-state index contributed by atoms with van der Waals surface area (Å²) in [6, 6.07) is 0.269. The highest BCUT2D eigenvalue weighted by molar-refractivity contribution is 5.81. The summed E-state index contributed by atoms with van der Waals surface area (Å²) < 4.78 is 0. The van der Waals surface area contributed by atoms with Gasteiger partial charge in [0.2, 0.25) is 5.91 Å². The fourth-order valence-corrected chi connectivity index (χ4v) is 3.07. The zero-order valence-corrected chi connectivity index (χ0v) is 11.4. The van der Waals surface area contributed by atoms with Gasteiger partial charge >= 0.3 is 0 Å². The molecule has 1 unspecified atom stereocenters. The van der Waals surface area contributed by atoms with Gasteiger partial charge in [-0.15, -0.1) is 0 Å². The van der Waals surface area contributed by atoms with Gasteiger partial charge in [0.05, 0.1) is 12.1 Å². The van der Waals surface area contributed by atoms with Crippen molar-refractivity contribution in [2.45, 2.75) is 70.1 Å². The molecule has 1 amide bonds. The first-order valence-electron chi connectivity index (χ1n) is 7.39. The van der Waals surface area contributed by atoms with Crippen molar-refractivity contribution in [3.05, 3.63) is 0 Å². The van der Waals surface area contributed by atoms with Crippen LogP contribution in [-0.2, 0) is 4.79 Å². The van der Waals surface area contributed by atoms with E-state index < -0.39 is 0 Å². The average Bonchev–Trinajstić information content (AvgIpc) is 2.39. The first-order valence-corrected chi connectivity index (χ1v) is 7.39. The number of carbonyl (C=O) groups is 1. The molecule has 2 rings (SSSR count). The number of carbonyl (C=O) groups excluding carboxylic acids is 1. The van der Waals surface area contributed by atoms with Crippen molar-refractivity contribution in [3.63, 3.8) is 0 Å². The number of β-amino-alcohol motifs (C(OH)–C–C–N with tert-alkyl or cyclic N) is 1. The lowest BCUT2D eigenvalue weighted by molar-refractivity contribution is -0.127. The first kappa shape index (κ1) is 13.8. The van der Waals surface area contributed by atoms with Gasteiger partial charge in [-0.3, -0.25) is 9.69 Å². The van der Waals surface area contributed by atoms with E-state index in [0.29, 0.717) is 12.6 Å². The van der Waals surface area contributed by atoms with E-state index in [0.717, 1.165) is 32.2 Å². The van der Waals surface area contributed by atoms with E-state index in [1.807, 2.05) is 6.92 Å². The molecule has 2 atom stereocenters. The first-order chi connectivity index (χ1) is 8.66. The number of rotatable bonds is 3. The largest absolute Gasteiger partial charge is 0.392 e. The molecule has 1 heterocycles. The third kappa shape index (κ3) is 3.69. The lowest BCUT2D eigenvalue weighted by atomic mass is 9.95. The number of aliphatic hydroxyl groups excluding tert-OH is 1. The second kappa shape index (κ2) is 6.53. The molecule has 4 heteroatoms. The number of hydrogen-bond acceptors (Lipinski definition) is 3. The maximum atomic E-state index is 12.2. The van der Waals surface area contributed by atoms with Gasteiger partial charge in [0.1, 0.15) is 0 Å². The highest BCUT2D eigenvalue weighted by Gasteiger charge is 2.27. The minimum Gasteiger partial charge on any atom is -0.392 e. The fraction of sp³-hybridized carbons (Fsp3) is 0.929. The molecule has 1 aliphatic carbocycles. The number of piperidine rings is 1. The molecule has 18 heavy (non-hydrogen) atoms. The van der Waals surface area contributed by atoms with E-state index >= 15 is 0 Å². The summed E-state index contributed by atoms with van der Waals surface area (Å²) in [5.41, 5.74) is 0. The molecule has 0 aromatic rings. The van der Waals surface area contributed by atoms with Crippen molar-refractivity contribution < 1.29 is 9.90 Å². The van der Waals surface area contributed by atoms with Gasteiger partial charge < -0.3 is 10.4 Å². The number of hydrogen-bond donors (Lipinski definition) is 2. The Morgan fingerprint density at radius 1 is 1.22 bits per heavy atom. The number of amides is 1. The molecule has 2 N–H and O–H groups in total. The third-order valence-corrected chi connectivity index (χ3v) is 4.31. The molecule has 0 aromatic carbocycles. The summed E-state index contributed by atoms with van der Waals surface area (Å²) in [4.78, 5) is 14.3. The number of nitrogens with one attached hydrogen (secondary N) is 1. The van der Waals surface area contributed by atoms with Crippen LogP contribution in [0.2, 0.25) is 0 Å². The predicted molar refractivity (Wildman–Crippen MR) is 71.3 cm³/mol. The quantitative estimate of drug-likeness (QED) is 0.798. The van der Waals surface area contributed by atoms with Crippen molar-refractivity contribution in [1.29, 1.82) is 0 Å². The molecule has 1 saturated heterocycles. The van der Waals surface area contributed by atoms with E-state index in [4.69, 9.17) is 0 Å². The molecular formula is C14H26N2O2. The molecule has 1 saturated carbocycles. The molecule has 2 fully saturated rings. The Kier molecular flexibility index (Phi) is 5.01. The van der Waals surface area contributed by atoms with Gasteiger partial charge in [0.25, 0.3) is 0 Å². The van der Waals surface area contributed by atoms with Gasteiger partial charge in [0, 0.05) is 12.6 Å². The van der Waals surface area contributed by atoms with Crippen LogP contribution in [0.5, 0.6) is 0 Å². The second-order valence-electron chi connectivity index (χ2n) is 5.81. The van der Waals surface area contributed by atoms with Crippen LogP contribution in [0, 0.1) is 0 Å². The molecule has 0 spiro atoms. The van der Waals surface area contributed by atoms with Crippen molar-refractivity contribution >= 4 is 5.91 Å². The summed E-state index contributed by atoms with van der Waals surface area (Å²) in [6.07, 6.45) is 7.63. The Hall–Kier alpha value is -0.610. The zero-order chi connectivity index (χ0) is 13.0. The molecule has 0 radical (unpaired) electrons. The monoisotopic (exact) mass is 254 g/mol. The van der Waals surface area contributed by atoms with Gasteiger partial charge in [-0.2, -0.15) is 0 Å². The topological polar surface area (TPSA) is 52.6 Å². The van der Waals surface area contributed by atoms with Gasteiger partial charge in [-0.05, 0) is 39.2 Å². The van der Waals surface area contributed by atoms with Crippen LogP contribution in [-0.4, -0.2) is 47.2 Å². The Bertz CT molecular complexity index is 277. The standard InChI is InChI=1S/C14H26N2O2/c1-11(16-9-5-8-13(17)10-16)14(18)15-12-6-3-2-4-7-12/h11-13,17H,2-10H2,1H3,(H,15,18)/t11?,13-/m0/s1. The number of likely N-dealkylation sites (tertiary alicyclic amines) is 1. The molecule has 104 valence electrons. The van der Waals surface area contributed by atoms with Crippen LogP contribution in [0.15, 0.2) is 0 Å². The average molecular weight is 254 g/mol. The fourth-order valence-electron chi connectivity index (χ4n) is 3.07. The summed E-state index contributed by atoms with van der Waals surface area (Å²) in [6.45, 7) is 3.52. The molecule has 4 nitrogen and oxygen atoms in total.